The molecule has 7 nitrogen and oxygen atoms in total. The van der Waals surface area contributed by atoms with Crippen molar-refractivity contribution in [1.29, 1.82) is 0 Å². The van der Waals surface area contributed by atoms with Crippen molar-refractivity contribution >= 4 is 45.0 Å². The van der Waals surface area contributed by atoms with Gasteiger partial charge in [-0.25, -0.2) is 9.79 Å². The summed E-state index contributed by atoms with van der Waals surface area (Å²) in [7, 11) is 0. The molecule has 0 aliphatic carbocycles. The first kappa shape index (κ1) is 17.9. The van der Waals surface area contributed by atoms with E-state index >= 15 is 0 Å². The van der Waals surface area contributed by atoms with Gasteiger partial charge in [0.05, 0.1) is 18.0 Å². The van der Waals surface area contributed by atoms with Gasteiger partial charge in [0.15, 0.2) is 10.4 Å². The number of carbonyl (C=O) groups is 2. The van der Waals surface area contributed by atoms with E-state index in [0.717, 1.165) is 5.69 Å². The summed E-state index contributed by atoms with van der Waals surface area (Å²) in [6.45, 7) is 3.64. The minimum absolute atomic E-state index is 0.0888. The lowest BCUT2D eigenvalue weighted by Gasteiger charge is -2.12. The fraction of sp³-hybridized carbons (Fsp3) is 0.167. The second-order valence-corrected chi connectivity index (χ2v) is 6.16. The molecule has 1 amide bonds. The van der Waals surface area contributed by atoms with Gasteiger partial charge in [0.25, 0.3) is 5.91 Å². The van der Waals surface area contributed by atoms with E-state index in [1.807, 2.05) is 18.2 Å². The van der Waals surface area contributed by atoms with Gasteiger partial charge in [0.2, 0.25) is 0 Å². The van der Waals surface area contributed by atoms with Crippen molar-refractivity contribution in [3.05, 3.63) is 58.1 Å². The van der Waals surface area contributed by atoms with Crippen LogP contribution in [0.5, 0.6) is 0 Å². The number of esters is 1. The summed E-state index contributed by atoms with van der Waals surface area (Å²) >= 11 is 3.15. The molecule has 1 aliphatic rings. The zero-order valence-corrected chi connectivity index (χ0v) is 15.7. The zero-order valence-electron chi connectivity index (χ0n) is 14.1. The first-order chi connectivity index (χ1) is 12.5. The maximum atomic E-state index is 12.5. The number of amidine groups is 1. The Hall–Kier alpha value is -2.87. The molecule has 0 radical (unpaired) electrons. The number of amides is 1. The summed E-state index contributed by atoms with van der Waals surface area (Å²) in [6, 6.07) is 10.4. The topological polar surface area (TPSA) is 92.9 Å². The highest BCUT2D eigenvalue weighted by molar-refractivity contribution is 9.10. The number of fused-ring (bicyclic) bond motifs is 1. The number of furan rings is 1. The molecule has 26 heavy (non-hydrogen) atoms. The molecule has 3 rings (SSSR count). The molecule has 2 aromatic rings. The number of halogens is 1. The summed E-state index contributed by atoms with van der Waals surface area (Å²) < 4.78 is 10.8. The van der Waals surface area contributed by atoms with Crippen LogP contribution in [0, 0.1) is 0 Å². The fourth-order valence-electron chi connectivity index (χ4n) is 2.44. The number of para-hydroxylation sites is 2. The van der Waals surface area contributed by atoms with Gasteiger partial charge in [-0.2, -0.15) is 0 Å². The van der Waals surface area contributed by atoms with Crippen LogP contribution in [-0.4, -0.2) is 24.3 Å². The van der Waals surface area contributed by atoms with Crippen LogP contribution in [0.1, 0.15) is 24.4 Å². The number of rotatable bonds is 3. The highest BCUT2D eigenvalue weighted by Gasteiger charge is 2.26. The molecular formula is C18H16BrN3O4. The lowest BCUT2D eigenvalue weighted by Crippen LogP contribution is -2.35. The molecule has 0 saturated heterocycles. The Kier molecular flexibility index (Phi) is 5.22. The van der Waals surface area contributed by atoms with Gasteiger partial charge < -0.3 is 19.8 Å². The summed E-state index contributed by atoms with van der Waals surface area (Å²) in [5.74, 6) is -0.921. The SMILES string of the molecule is CCOC(=O)C1=C(C)Nc2ccccc2N=C1NC(=O)c1ccc(Br)o1. The fourth-order valence-corrected chi connectivity index (χ4v) is 2.75. The van der Waals surface area contributed by atoms with Crippen molar-refractivity contribution in [2.45, 2.75) is 13.8 Å². The molecule has 0 bridgehead atoms. The largest absolute Gasteiger partial charge is 0.462 e. The standard InChI is InChI=1S/C18H16BrN3O4/c1-3-25-18(24)15-10(2)20-11-6-4-5-7-12(11)21-16(15)22-17(23)13-8-9-14(19)26-13/h4-9,20H,3H2,1-2H3,(H,21,22,23). The Morgan fingerprint density at radius 2 is 2.04 bits per heavy atom. The number of carbonyl (C=O) groups excluding carboxylic acids is 2. The first-order valence-corrected chi connectivity index (χ1v) is 8.68. The predicted molar refractivity (Wildman–Crippen MR) is 100 cm³/mol. The number of benzene rings is 1. The van der Waals surface area contributed by atoms with Gasteiger partial charge in [-0.3, -0.25) is 4.79 Å². The smallest absolute Gasteiger partial charge is 0.343 e. The molecule has 2 N–H and O–H groups in total. The van der Waals surface area contributed by atoms with Crippen LogP contribution in [0.25, 0.3) is 0 Å². The van der Waals surface area contributed by atoms with Crippen molar-refractivity contribution in [2.24, 2.45) is 4.99 Å². The van der Waals surface area contributed by atoms with E-state index in [1.54, 1.807) is 26.0 Å². The van der Waals surface area contributed by atoms with E-state index in [4.69, 9.17) is 9.15 Å². The number of aliphatic imine (C=N–C) groups is 1. The number of hydrogen-bond acceptors (Lipinski definition) is 6. The van der Waals surface area contributed by atoms with E-state index in [2.05, 4.69) is 31.6 Å². The Labute approximate surface area is 158 Å². The third kappa shape index (κ3) is 3.70. The maximum Gasteiger partial charge on any atom is 0.343 e. The highest BCUT2D eigenvalue weighted by atomic mass is 79.9. The average molecular weight is 418 g/mol. The molecule has 0 atom stereocenters. The van der Waals surface area contributed by atoms with Gasteiger partial charge in [-0.1, -0.05) is 12.1 Å². The summed E-state index contributed by atoms with van der Waals surface area (Å²) in [5, 5.41) is 5.79. The van der Waals surface area contributed by atoms with Crippen molar-refractivity contribution in [1.82, 2.24) is 5.32 Å². The second-order valence-electron chi connectivity index (χ2n) is 5.38. The monoisotopic (exact) mass is 417 g/mol. The molecule has 8 heteroatoms. The Balaban J connectivity index is 2.03. The van der Waals surface area contributed by atoms with Crippen LogP contribution in [-0.2, 0) is 9.53 Å². The summed E-state index contributed by atoms with van der Waals surface area (Å²) in [5.41, 5.74) is 1.98. The number of ether oxygens (including phenoxy) is 1. The van der Waals surface area contributed by atoms with E-state index in [1.165, 1.54) is 6.07 Å². The predicted octanol–water partition coefficient (Wildman–Crippen LogP) is 3.76. The Morgan fingerprint density at radius 3 is 2.73 bits per heavy atom. The van der Waals surface area contributed by atoms with Crippen molar-refractivity contribution in [3.8, 4) is 0 Å². The lowest BCUT2D eigenvalue weighted by molar-refractivity contribution is -0.137. The van der Waals surface area contributed by atoms with Gasteiger partial charge in [-0.15, -0.1) is 0 Å². The maximum absolute atomic E-state index is 12.5. The summed E-state index contributed by atoms with van der Waals surface area (Å²) in [6.07, 6.45) is 0. The molecule has 1 aromatic carbocycles. The minimum atomic E-state index is -0.579. The molecule has 1 aliphatic heterocycles. The second kappa shape index (κ2) is 7.57. The van der Waals surface area contributed by atoms with Crippen molar-refractivity contribution < 1.29 is 18.7 Å². The van der Waals surface area contributed by atoms with Gasteiger partial charge in [0.1, 0.15) is 11.4 Å². The molecule has 2 heterocycles. The third-order valence-corrected chi connectivity index (χ3v) is 4.00. The minimum Gasteiger partial charge on any atom is -0.462 e. The number of allylic oxidation sites excluding steroid dienone is 1. The molecule has 0 saturated carbocycles. The van der Waals surface area contributed by atoms with Crippen LogP contribution in [0.4, 0.5) is 11.4 Å². The Bertz CT molecular complexity index is 930. The number of anilines is 1. The number of hydrogen-bond donors (Lipinski definition) is 2. The van der Waals surface area contributed by atoms with Crippen LogP contribution in [0.2, 0.25) is 0 Å². The molecule has 1 aromatic heterocycles. The number of nitrogens with zero attached hydrogens (tertiary/aromatic N) is 1. The van der Waals surface area contributed by atoms with E-state index < -0.39 is 11.9 Å². The van der Waals surface area contributed by atoms with Crippen LogP contribution < -0.4 is 10.6 Å². The van der Waals surface area contributed by atoms with Gasteiger partial charge in [-0.05, 0) is 54.0 Å². The van der Waals surface area contributed by atoms with Gasteiger partial charge in [0, 0.05) is 5.70 Å². The zero-order chi connectivity index (χ0) is 18.7. The van der Waals surface area contributed by atoms with Gasteiger partial charge >= 0.3 is 5.97 Å². The van der Waals surface area contributed by atoms with Crippen molar-refractivity contribution in [2.75, 3.05) is 11.9 Å². The normalized spacial score (nSPS) is 13.3. The molecule has 134 valence electrons. The van der Waals surface area contributed by atoms with E-state index in [-0.39, 0.29) is 23.8 Å². The number of nitrogens with one attached hydrogen (secondary N) is 2. The molecule has 0 fully saturated rings. The van der Waals surface area contributed by atoms with Crippen molar-refractivity contribution in [3.63, 3.8) is 0 Å². The van der Waals surface area contributed by atoms with Crippen LogP contribution in [0.3, 0.4) is 0 Å². The molecule has 0 unspecified atom stereocenters. The molecule has 0 spiro atoms. The Morgan fingerprint density at radius 1 is 1.27 bits per heavy atom. The van der Waals surface area contributed by atoms with E-state index in [0.29, 0.717) is 16.1 Å². The van der Waals surface area contributed by atoms with E-state index in [9.17, 15) is 9.59 Å². The highest BCUT2D eigenvalue weighted by Crippen LogP contribution is 2.30. The quantitative estimate of drug-likeness (QED) is 0.741. The average Bonchev–Trinajstić information content (AvgIpc) is 2.97. The summed E-state index contributed by atoms with van der Waals surface area (Å²) in [4.78, 5) is 29.4. The third-order valence-electron chi connectivity index (χ3n) is 3.58. The van der Waals surface area contributed by atoms with Crippen LogP contribution >= 0.6 is 15.9 Å². The van der Waals surface area contributed by atoms with Crippen LogP contribution in [0.15, 0.2) is 61.7 Å². The lowest BCUT2D eigenvalue weighted by atomic mass is 10.2. The molecular weight excluding hydrogens is 402 g/mol. The first-order valence-electron chi connectivity index (χ1n) is 7.89.